The number of halogens is 3. The summed E-state index contributed by atoms with van der Waals surface area (Å²) < 4.78 is 66.9. The van der Waals surface area contributed by atoms with Gasteiger partial charge in [0.05, 0.1) is 11.0 Å². The number of rotatable bonds is 7. The quantitative estimate of drug-likeness (QED) is 0.639. The maximum absolute atomic E-state index is 12.7. The number of carbonyl (C=O) groups is 1. The van der Waals surface area contributed by atoms with Gasteiger partial charge >= 0.3 is 12.4 Å². The summed E-state index contributed by atoms with van der Waals surface area (Å²) in [5.74, 6) is 0.0536. The van der Waals surface area contributed by atoms with E-state index in [0.29, 0.717) is 25.3 Å². The van der Waals surface area contributed by atoms with Gasteiger partial charge in [-0.2, -0.15) is 4.31 Å². The molecule has 0 unspecified atom stereocenters. The first-order valence-electron chi connectivity index (χ1n) is 9.19. The zero-order chi connectivity index (χ0) is 21.1. The van der Waals surface area contributed by atoms with Crippen molar-refractivity contribution in [2.45, 2.75) is 43.0 Å². The van der Waals surface area contributed by atoms with Crippen molar-refractivity contribution in [3.05, 3.63) is 24.3 Å². The summed E-state index contributed by atoms with van der Waals surface area (Å²) in [7, 11) is -3.85. The highest BCUT2D eigenvalue weighted by atomic mass is 32.2. The molecule has 12 heteroatoms. The number of nitrogens with zero attached hydrogens (tertiary/aromatic N) is 1. The summed E-state index contributed by atoms with van der Waals surface area (Å²) in [6.45, 7) is 0.942. The Morgan fingerprint density at radius 2 is 1.72 bits per heavy atom. The van der Waals surface area contributed by atoms with Crippen molar-refractivity contribution in [1.82, 2.24) is 15.1 Å². The minimum absolute atomic E-state index is 0.121. The number of carbonyl (C=O) groups excluding carboxylic acids is 1. The highest BCUT2D eigenvalue weighted by Crippen LogP contribution is 2.28. The van der Waals surface area contributed by atoms with Crippen LogP contribution in [0.1, 0.15) is 25.7 Å². The summed E-state index contributed by atoms with van der Waals surface area (Å²) in [4.78, 5) is 16.8. The van der Waals surface area contributed by atoms with Crippen molar-refractivity contribution in [2.24, 2.45) is 5.92 Å². The fourth-order valence-electron chi connectivity index (χ4n) is 2.88. The number of amides is 2. The first kappa shape index (κ1) is 21.7. The highest BCUT2D eigenvalue weighted by molar-refractivity contribution is 7.89. The van der Waals surface area contributed by atoms with Gasteiger partial charge in [0.15, 0.2) is 0 Å². The maximum Gasteiger partial charge on any atom is 0.573 e. The van der Waals surface area contributed by atoms with Crippen LogP contribution in [0.15, 0.2) is 29.2 Å². The van der Waals surface area contributed by atoms with Crippen LogP contribution < -0.4 is 15.5 Å². The van der Waals surface area contributed by atoms with E-state index in [-0.39, 0.29) is 24.1 Å². The summed E-state index contributed by atoms with van der Waals surface area (Å²) in [5.41, 5.74) is 2.32. The Hall–Kier alpha value is -2.05. The molecule has 162 valence electrons. The van der Waals surface area contributed by atoms with Gasteiger partial charge in [0.2, 0.25) is 10.0 Å². The van der Waals surface area contributed by atoms with Crippen LogP contribution in [0.25, 0.3) is 0 Å². The maximum atomic E-state index is 12.7. The van der Waals surface area contributed by atoms with Gasteiger partial charge in [-0.3, -0.25) is 4.84 Å². The Bertz CT molecular complexity index is 805. The average Bonchev–Trinajstić information content (AvgIpc) is 3.49. The van der Waals surface area contributed by atoms with Gasteiger partial charge in [-0.05, 0) is 55.9 Å². The van der Waals surface area contributed by atoms with E-state index in [9.17, 15) is 26.4 Å². The second-order valence-corrected chi connectivity index (χ2v) is 8.93. The van der Waals surface area contributed by atoms with Crippen LogP contribution in [0.3, 0.4) is 0 Å². The van der Waals surface area contributed by atoms with Crippen molar-refractivity contribution in [1.29, 1.82) is 0 Å². The van der Waals surface area contributed by atoms with Crippen molar-refractivity contribution in [2.75, 3.05) is 19.6 Å². The molecule has 1 saturated carbocycles. The second-order valence-electron chi connectivity index (χ2n) is 7.00. The Labute approximate surface area is 166 Å². The molecule has 1 heterocycles. The Balaban J connectivity index is 1.46. The van der Waals surface area contributed by atoms with Gasteiger partial charge < -0.3 is 10.1 Å². The molecule has 0 aromatic heterocycles. The molecule has 2 N–H and O–H groups in total. The predicted molar refractivity (Wildman–Crippen MR) is 95.2 cm³/mol. The predicted octanol–water partition coefficient (Wildman–Crippen LogP) is 2.38. The van der Waals surface area contributed by atoms with Crippen LogP contribution >= 0.6 is 0 Å². The lowest BCUT2D eigenvalue weighted by Crippen LogP contribution is -2.44. The van der Waals surface area contributed by atoms with Crippen LogP contribution in [0.5, 0.6) is 5.75 Å². The average molecular weight is 437 g/mol. The van der Waals surface area contributed by atoms with Gasteiger partial charge in [0, 0.05) is 19.6 Å². The number of benzene rings is 1. The van der Waals surface area contributed by atoms with E-state index in [1.54, 1.807) is 0 Å². The molecule has 0 radical (unpaired) electrons. The molecule has 8 nitrogen and oxygen atoms in total. The van der Waals surface area contributed by atoms with Crippen LogP contribution in [0.2, 0.25) is 0 Å². The number of hydrogen-bond donors (Lipinski definition) is 2. The molecule has 1 aliphatic heterocycles. The molecule has 0 atom stereocenters. The lowest BCUT2D eigenvalue weighted by molar-refractivity contribution is -0.274. The third kappa shape index (κ3) is 6.47. The molecule has 2 amide bonds. The number of urea groups is 1. The summed E-state index contributed by atoms with van der Waals surface area (Å²) >= 11 is 0. The van der Waals surface area contributed by atoms with Crippen LogP contribution in [-0.2, 0) is 14.9 Å². The number of hydroxylamine groups is 1. The summed E-state index contributed by atoms with van der Waals surface area (Å²) in [6.07, 6.45) is -2.19. The Morgan fingerprint density at radius 3 is 2.28 bits per heavy atom. The summed E-state index contributed by atoms with van der Waals surface area (Å²) in [6, 6.07) is 3.64. The number of piperidine rings is 1. The van der Waals surface area contributed by atoms with Crippen LogP contribution in [0, 0.1) is 5.92 Å². The molecule has 0 spiro atoms. The van der Waals surface area contributed by atoms with Crippen molar-refractivity contribution in [3.63, 3.8) is 0 Å². The monoisotopic (exact) mass is 437 g/mol. The van der Waals surface area contributed by atoms with E-state index in [2.05, 4.69) is 15.5 Å². The molecular formula is C17H22F3N3O5S. The minimum Gasteiger partial charge on any atom is -0.406 e. The first-order valence-corrected chi connectivity index (χ1v) is 10.6. The lowest BCUT2D eigenvalue weighted by atomic mass is 10.1. The summed E-state index contributed by atoms with van der Waals surface area (Å²) in [5, 5.41) is 2.70. The molecule has 1 saturated heterocycles. The molecule has 0 bridgehead atoms. The van der Waals surface area contributed by atoms with Gasteiger partial charge in [0.25, 0.3) is 0 Å². The zero-order valence-electron chi connectivity index (χ0n) is 15.4. The smallest absolute Gasteiger partial charge is 0.406 e. The largest absolute Gasteiger partial charge is 0.573 e. The molecule has 1 aliphatic carbocycles. The standard InChI is InChI=1S/C17H22F3N3O5S/c18-17(19,20)27-13-3-5-15(6-4-13)29(25,26)23-9-7-14(8-10-23)28-22-16(24)21-11-12-1-2-12/h3-6,12,14H,1-2,7-11H2,(H2,21,22,24). The number of ether oxygens (including phenoxy) is 1. The number of hydrogen-bond acceptors (Lipinski definition) is 5. The Morgan fingerprint density at radius 1 is 1.10 bits per heavy atom. The van der Waals surface area contributed by atoms with E-state index in [1.807, 2.05) is 0 Å². The molecule has 3 rings (SSSR count). The third-order valence-electron chi connectivity index (χ3n) is 4.66. The molecule has 1 aromatic rings. The lowest BCUT2D eigenvalue weighted by Gasteiger charge is -2.30. The Kier molecular flexibility index (Phi) is 6.54. The number of alkyl halides is 3. The third-order valence-corrected chi connectivity index (χ3v) is 6.58. The number of nitrogens with one attached hydrogen (secondary N) is 2. The van der Waals surface area contributed by atoms with E-state index >= 15 is 0 Å². The van der Waals surface area contributed by atoms with E-state index in [1.165, 1.54) is 4.31 Å². The van der Waals surface area contributed by atoms with E-state index in [0.717, 1.165) is 37.1 Å². The van der Waals surface area contributed by atoms with Crippen molar-refractivity contribution < 1.29 is 36.0 Å². The molecule has 29 heavy (non-hydrogen) atoms. The van der Waals surface area contributed by atoms with Gasteiger partial charge in [-0.15, -0.1) is 13.2 Å². The molecule has 2 fully saturated rings. The molecule has 2 aliphatic rings. The van der Waals surface area contributed by atoms with E-state index in [4.69, 9.17) is 4.84 Å². The molecule has 1 aromatic carbocycles. The van der Waals surface area contributed by atoms with Gasteiger partial charge in [-0.25, -0.2) is 18.7 Å². The fourth-order valence-corrected chi connectivity index (χ4v) is 4.35. The van der Waals surface area contributed by atoms with Crippen LogP contribution in [-0.4, -0.2) is 50.9 Å². The zero-order valence-corrected chi connectivity index (χ0v) is 16.3. The SMILES string of the molecule is O=C(NCC1CC1)NOC1CCN(S(=O)(=O)c2ccc(OC(F)(F)F)cc2)CC1. The van der Waals surface area contributed by atoms with Crippen molar-refractivity contribution >= 4 is 16.1 Å². The second kappa shape index (κ2) is 8.76. The minimum atomic E-state index is -4.84. The highest BCUT2D eigenvalue weighted by Gasteiger charge is 2.32. The molecular weight excluding hydrogens is 415 g/mol. The number of sulfonamides is 1. The van der Waals surface area contributed by atoms with Gasteiger partial charge in [-0.1, -0.05) is 0 Å². The van der Waals surface area contributed by atoms with Crippen molar-refractivity contribution in [3.8, 4) is 5.75 Å². The van der Waals surface area contributed by atoms with Crippen LogP contribution in [0.4, 0.5) is 18.0 Å². The fraction of sp³-hybridized carbons (Fsp3) is 0.588. The van der Waals surface area contributed by atoms with Gasteiger partial charge in [0.1, 0.15) is 5.75 Å². The van der Waals surface area contributed by atoms with E-state index < -0.39 is 28.2 Å². The normalized spacial score (nSPS) is 19.0. The first-order chi connectivity index (χ1) is 13.6. The topological polar surface area (TPSA) is 97.0 Å².